The molecule has 0 spiro atoms. The molecule has 4 heteroatoms. The summed E-state index contributed by atoms with van der Waals surface area (Å²) in [4.78, 5) is 0. The van der Waals surface area contributed by atoms with Gasteiger partial charge in [-0.1, -0.05) is 120 Å². The summed E-state index contributed by atoms with van der Waals surface area (Å²) in [5, 5.41) is 0. The zero-order valence-electron chi connectivity index (χ0n) is 24.1. The van der Waals surface area contributed by atoms with E-state index in [0.717, 1.165) is 30.4 Å². The third-order valence-corrected chi connectivity index (χ3v) is 7.20. The van der Waals surface area contributed by atoms with Crippen molar-refractivity contribution in [2.24, 2.45) is 11.8 Å². The van der Waals surface area contributed by atoms with E-state index in [-0.39, 0.29) is 10.8 Å². The zero-order valence-corrected chi connectivity index (χ0v) is 25.0. The normalized spacial score (nSPS) is 12.9. The number of hydrogen-bond donors (Lipinski definition) is 0. The van der Waals surface area contributed by atoms with Gasteiger partial charge in [0.05, 0.1) is 13.2 Å². The molecule has 0 N–H and O–H groups in total. The fraction of sp³-hybridized carbons (Fsp3) is 0.800. The van der Waals surface area contributed by atoms with Gasteiger partial charge in [0.1, 0.15) is 5.75 Å². The molecule has 0 aliphatic heterocycles. The summed E-state index contributed by atoms with van der Waals surface area (Å²) >= 11 is 0. The predicted molar refractivity (Wildman–Crippen MR) is 150 cm³/mol. The van der Waals surface area contributed by atoms with Crippen molar-refractivity contribution in [3.8, 4) is 5.75 Å². The maximum atomic E-state index is 6.45. The Balaban J connectivity index is 2.81. The second-order valence-electron chi connectivity index (χ2n) is 12.7. The lowest BCUT2D eigenvalue weighted by molar-refractivity contribution is 0.197. The lowest BCUT2D eigenvalue weighted by atomic mass is 9.80. The van der Waals surface area contributed by atoms with Crippen molar-refractivity contribution in [3.05, 3.63) is 29.3 Å². The van der Waals surface area contributed by atoms with Crippen LogP contribution in [0.1, 0.15) is 132 Å². The van der Waals surface area contributed by atoms with Crippen LogP contribution < -0.4 is 4.52 Å². The molecule has 1 aromatic carbocycles. The summed E-state index contributed by atoms with van der Waals surface area (Å²) in [5.41, 5.74) is 2.62. The molecule has 0 radical (unpaired) electrons. The summed E-state index contributed by atoms with van der Waals surface area (Å²) in [6.07, 6.45) is 9.61. The molecule has 0 amide bonds. The van der Waals surface area contributed by atoms with E-state index in [2.05, 4.69) is 87.4 Å². The van der Waals surface area contributed by atoms with Gasteiger partial charge in [0.25, 0.3) is 0 Å². The van der Waals surface area contributed by atoms with Crippen molar-refractivity contribution in [2.45, 2.75) is 131 Å². The van der Waals surface area contributed by atoms with Crippen LogP contribution in [0.3, 0.4) is 0 Å². The van der Waals surface area contributed by atoms with Gasteiger partial charge in [0.2, 0.25) is 0 Å². The summed E-state index contributed by atoms with van der Waals surface area (Å²) in [6, 6.07) is 6.62. The first-order valence-electron chi connectivity index (χ1n) is 13.7. The third-order valence-electron chi connectivity index (χ3n) is 6.07. The summed E-state index contributed by atoms with van der Waals surface area (Å²) in [5.74, 6) is 2.44. The Morgan fingerprint density at radius 3 is 1.59 bits per heavy atom. The number of benzene rings is 1. The van der Waals surface area contributed by atoms with Crippen molar-refractivity contribution in [1.29, 1.82) is 0 Å². The molecule has 0 heterocycles. The lowest BCUT2D eigenvalue weighted by Gasteiger charge is -2.28. The second kappa shape index (κ2) is 15.5. The van der Waals surface area contributed by atoms with Crippen LogP contribution in [0.15, 0.2) is 18.2 Å². The van der Waals surface area contributed by atoms with Crippen LogP contribution in [0, 0.1) is 11.8 Å². The van der Waals surface area contributed by atoms with Crippen LogP contribution in [0.4, 0.5) is 0 Å². The van der Waals surface area contributed by atoms with Gasteiger partial charge in [0, 0.05) is 5.56 Å². The molecule has 1 rings (SSSR count). The van der Waals surface area contributed by atoms with E-state index in [9.17, 15) is 0 Å². The van der Waals surface area contributed by atoms with Crippen molar-refractivity contribution in [2.75, 3.05) is 13.2 Å². The van der Waals surface area contributed by atoms with Crippen LogP contribution >= 0.6 is 8.60 Å². The quantitative estimate of drug-likeness (QED) is 0.169. The van der Waals surface area contributed by atoms with Gasteiger partial charge in [-0.05, 0) is 47.1 Å². The van der Waals surface area contributed by atoms with Crippen molar-refractivity contribution in [1.82, 2.24) is 0 Å². The molecule has 1 aromatic rings. The first kappa shape index (κ1) is 31.4. The highest BCUT2D eigenvalue weighted by atomic mass is 31.2. The molecular formula is C30H55O3P. The Kier molecular flexibility index (Phi) is 14.3. The molecule has 34 heavy (non-hydrogen) atoms. The van der Waals surface area contributed by atoms with Gasteiger partial charge in [0.15, 0.2) is 0 Å². The van der Waals surface area contributed by atoms with E-state index in [1.54, 1.807) is 0 Å². The molecule has 0 saturated carbocycles. The summed E-state index contributed by atoms with van der Waals surface area (Å²) in [6.45, 7) is 24.1. The SMILES string of the molecule is CC(C)CCCCCOP(OCCCCCC(C)C)Oc1ccc(C(C)(C)C)cc1C(C)(C)C. The van der Waals surface area contributed by atoms with Crippen molar-refractivity contribution >= 4 is 8.60 Å². The first-order valence-corrected chi connectivity index (χ1v) is 14.8. The minimum Gasteiger partial charge on any atom is -0.426 e. The van der Waals surface area contributed by atoms with E-state index < -0.39 is 8.60 Å². The van der Waals surface area contributed by atoms with Crippen LogP contribution in [-0.4, -0.2) is 13.2 Å². The predicted octanol–water partition coefficient (Wildman–Crippen LogP) is 10.4. The minimum atomic E-state index is -1.40. The monoisotopic (exact) mass is 494 g/mol. The van der Waals surface area contributed by atoms with Gasteiger partial charge >= 0.3 is 8.60 Å². The molecule has 0 unspecified atom stereocenters. The average molecular weight is 495 g/mol. The largest absolute Gasteiger partial charge is 0.426 e. The summed E-state index contributed by atoms with van der Waals surface area (Å²) in [7, 11) is -1.40. The van der Waals surface area contributed by atoms with Gasteiger partial charge in [-0.3, -0.25) is 0 Å². The van der Waals surface area contributed by atoms with Crippen LogP contribution in [0.5, 0.6) is 5.75 Å². The Hall–Kier alpha value is -0.630. The Labute approximate surface area is 213 Å². The van der Waals surface area contributed by atoms with E-state index >= 15 is 0 Å². The number of hydrogen-bond acceptors (Lipinski definition) is 3. The molecule has 0 aliphatic carbocycles. The topological polar surface area (TPSA) is 27.7 Å². The highest BCUT2D eigenvalue weighted by molar-refractivity contribution is 7.42. The van der Waals surface area contributed by atoms with Crippen molar-refractivity contribution in [3.63, 3.8) is 0 Å². The van der Waals surface area contributed by atoms with Gasteiger partial charge < -0.3 is 13.6 Å². The third kappa shape index (κ3) is 13.5. The van der Waals surface area contributed by atoms with Crippen LogP contribution in [0.2, 0.25) is 0 Å². The van der Waals surface area contributed by atoms with E-state index in [0.29, 0.717) is 13.2 Å². The molecule has 0 fully saturated rings. The first-order chi connectivity index (χ1) is 15.8. The van der Waals surface area contributed by atoms with Gasteiger partial charge in [-0.25, -0.2) is 0 Å². The molecule has 0 atom stereocenters. The Bertz CT molecular complexity index is 651. The fourth-order valence-electron chi connectivity index (χ4n) is 3.77. The minimum absolute atomic E-state index is 0.0225. The maximum absolute atomic E-state index is 6.45. The summed E-state index contributed by atoms with van der Waals surface area (Å²) < 4.78 is 18.8. The Morgan fingerprint density at radius 1 is 0.676 bits per heavy atom. The fourth-order valence-corrected chi connectivity index (χ4v) is 4.83. The van der Waals surface area contributed by atoms with Crippen LogP contribution in [-0.2, 0) is 19.9 Å². The highest BCUT2D eigenvalue weighted by Gasteiger charge is 2.26. The standard InChI is InChI=1S/C30H55O3P/c1-24(2)17-13-11-15-21-31-34(32-22-16-12-14-18-25(3)4)33-28-20-19-26(29(5,6)7)23-27(28)30(8,9)10/h19-20,23-25H,11-18,21-22H2,1-10H3. The van der Waals surface area contributed by atoms with E-state index in [1.807, 2.05) is 0 Å². The zero-order chi connectivity index (χ0) is 25.8. The highest BCUT2D eigenvalue weighted by Crippen LogP contribution is 2.45. The molecule has 3 nitrogen and oxygen atoms in total. The molecule has 0 aromatic heterocycles. The number of rotatable bonds is 16. The molecular weight excluding hydrogens is 439 g/mol. The lowest BCUT2D eigenvalue weighted by Crippen LogP contribution is -2.17. The van der Waals surface area contributed by atoms with E-state index in [4.69, 9.17) is 13.6 Å². The van der Waals surface area contributed by atoms with Crippen molar-refractivity contribution < 1.29 is 13.6 Å². The second-order valence-corrected chi connectivity index (χ2v) is 13.8. The van der Waals surface area contributed by atoms with Crippen LogP contribution in [0.25, 0.3) is 0 Å². The van der Waals surface area contributed by atoms with E-state index in [1.165, 1.54) is 49.7 Å². The molecule has 0 bridgehead atoms. The molecule has 0 saturated heterocycles. The average Bonchev–Trinajstić information content (AvgIpc) is 2.70. The smallest absolute Gasteiger partial charge is 0.397 e. The Morgan fingerprint density at radius 2 is 1.18 bits per heavy atom. The van der Waals surface area contributed by atoms with Gasteiger partial charge in [-0.2, -0.15) is 0 Å². The molecule has 198 valence electrons. The number of unbranched alkanes of at least 4 members (excludes halogenated alkanes) is 4. The molecule has 0 aliphatic rings. The van der Waals surface area contributed by atoms with Gasteiger partial charge in [-0.15, -0.1) is 0 Å². The maximum Gasteiger partial charge on any atom is 0.397 e.